The lowest BCUT2D eigenvalue weighted by Gasteiger charge is -2.19. The van der Waals surface area contributed by atoms with E-state index in [0.717, 1.165) is 24.4 Å². The fourth-order valence-corrected chi connectivity index (χ4v) is 2.09. The van der Waals surface area contributed by atoms with Gasteiger partial charge in [-0.2, -0.15) is 0 Å². The maximum Gasteiger partial charge on any atom is 0.262 e. The second-order valence-corrected chi connectivity index (χ2v) is 4.72. The van der Waals surface area contributed by atoms with Crippen LogP contribution in [0.2, 0.25) is 0 Å². The summed E-state index contributed by atoms with van der Waals surface area (Å²) in [5, 5.41) is 6.20. The van der Waals surface area contributed by atoms with E-state index in [0.29, 0.717) is 12.6 Å². The van der Waals surface area contributed by atoms with E-state index in [2.05, 4.69) is 17.6 Å². The Labute approximate surface area is 113 Å². The molecule has 104 valence electrons. The van der Waals surface area contributed by atoms with Crippen LogP contribution in [-0.2, 0) is 16.0 Å². The molecule has 5 heteroatoms. The summed E-state index contributed by atoms with van der Waals surface area (Å²) in [5.74, 6) is 0.638. The van der Waals surface area contributed by atoms with Crippen LogP contribution < -0.4 is 15.4 Å². The monoisotopic (exact) mass is 264 g/mol. The van der Waals surface area contributed by atoms with E-state index in [-0.39, 0.29) is 12.5 Å². The van der Waals surface area contributed by atoms with Crippen molar-refractivity contribution < 1.29 is 14.3 Å². The van der Waals surface area contributed by atoms with Crippen molar-refractivity contribution >= 4 is 11.6 Å². The molecule has 0 bridgehead atoms. The van der Waals surface area contributed by atoms with Crippen molar-refractivity contribution in [3.05, 3.63) is 23.8 Å². The largest absolute Gasteiger partial charge is 0.482 e. The molecule has 2 rings (SSSR count). The number of rotatable bonds is 6. The third-order valence-corrected chi connectivity index (χ3v) is 3.02. The van der Waals surface area contributed by atoms with Gasteiger partial charge in [-0.15, -0.1) is 0 Å². The zero-order valence-corrected chi connectivity index (χ0v) is 11.4. The molecule has 0 aromatic heterocycles. The highest BCUT2D eigenvalue weighted by atomic mass is 16.5. The molecule has 1 atom stereocenters. The number of fused-ring (bicyclic) bond motifs is 1. The summed E-state index contributed by atoms with van der Waals surface area (Å²) in [4.78, 5) is 11.3. The number of hydrogen-bond acceptors (Lipinski definition) is 4. The van der Waals surface area contributed by atoms with E-state index in [9.17, 15) is 4.79 Å². The second kappa shape index (κ2) is 6.54. The summed E-state index contributed by atoms with van der Waals surface area (Å²) in [6.07, 6.45) is 0.896. The maximum absolute atomic E-state index is 11.3. The van der Waals surface area contributed by atoms with Crippen molar-refractivity contribution in [1.82, 2.24) is 5.32 Å². The van der Waals surface area contributed by atoms with Crippen LogP contribution in [0.1, 0.15) is 12.5 Å². The Kier molecular flexibility index (Phi) is 4.76. The zero-order valence-electron chi connectivity index (χ0n) is 11.4. The summed E-state index contributed by atoms with van der Waals surface area (Å²) in [6, 6.07) is 6.27. The molecule has 0 aliphatic carbocycles. The molecule has 1 aromatic carbocycles. The van der Waals surface area contributed by atoms with Crippen LogP contribution in [0.5, 0.6) is 5.75 Å². The van der Waals surface area contributed by atoms with Gasteiger partial charge in [0.05, 0.1) is 12.3 Å². The quantitative estimate of drug-likeness (QED) is 0.758. The number of carbonyl (C=O) groups is 1. The second-order valence-electron chi connectivity index (χ2n) is 4.72. The lowest BCUT2D eigenvalue weighted by atomic mass is 10.1. The van der Waals surface area contributed by atoms with E-state index in [4.69, 9.17) is 9.47 Å². The number of benzene rings is 1. The van der Waals surface area contributed by atoms with Gasteiger partial charge in [-0.1, -0.05) is 6.07 Å². The highest BCUT2D eigenvalue weighted by Crippen LogP contribution is 2.28. The number of methoxy groups -OCH3 is 1. The number of carbonyl (C=O) groups excluding carboxylic acids is 1. The minimum atomic E-state index is -0.101. The van der Waals surface area contributed by atoms with E-state index < -0.39 is 0 Å². The molecule has 1 aromatic rings. The Bertz CT molecular complexity index is 448. The summed E-state index contributed by atoms with van der Waals surface area (Å²) < 4.78 is 10.3. The predicted molar refractivity (Wildman–Crippen MR) is 73.6 cm³/mol. The third kappa shape index (κ3) is 3.94. The average molecular weight is 264 g/mol. The molecule has 0 saturated carbocycles. The molecule has 2 N–H and O–H groups in total. The average Bonchev–Trinajstić information content (AvgIpc) is 2.38. The molecular formula is C14H20N2O3. The molecule has 1 amide bonds. The van der Waals surface area contributed by atoms with Crippen LogP contribution in [0.4, 0.5) is 5.69 Å². The van der Waals surface area contributed by atoms with Crippen molar-refractivity contribution in [3.63, 3.8) is 0 Å². The zero-order chi connectivity index (χ0) is 13.7. The number of amides is 1. The van der Waals surface area contributed by atoms with Gasteiger partial charge in [0.2, 0.25) is 0 Å². The Morgan fingerprint density at radius 3 is 3.16 bits per heavy atom. The molecule has 0 radical (unpaired) electrons. The van der Waals surface area contributed by atoms with Crippen LogP contribution in [0.15, 0.2) is 18.2 Å². The Balaban J connectivity index is 1.94. The van der Waals surface area contributed by atoms with Crippen molar-refractivity contribution in [3.8, 4) is 5.75 Å². The number of anilines is 1. The molecule has 19 heavy (non-hydrogen) atoms. The van der Waals surface area contributed by atoms with E-state index in [1.54, 1.807) is 7.11 Å². The summed E-state index contributed by atoms with van der Waals surface area (Å²) in [7, 11) is 1.69. The summed E-state index contributed by atoms with van der Waals surface area (Å²) in [6.45, 7) is 3.77. The first-order chi connectivity index (χ1) is 9.19. The first-order valence-corrected chi connectivity index (χ1v) is 6.47. The minimum Gasteiger partial charge on any atom is -0.482 e. The number of ether oxygens (including phenoxy) is 2. The smallest absolute Gasteiger partial charge is 0.262 e. The molecule has 0 fully saturated rings. The number of hydrogen-bond donors (Lipinski definition) is 2. The van der Waals surface area contributed by atoms with Gasteiger partial charge in [0.1, 0.15) is 5.75 Å². The first kappa shape index (κ1) is 13.8. The van der Waals surface area contributed by atoms with E-state index in [1.807, 2.05) is 18.2 Å². The molecule has 1 aliphatic rings. The van der Waals surface area contributed by atoms with Crippen LogP contribution >= 0.6 is 0 Å². The minimum absolute atomic E-state index is 0.0985. The fourth-order valence-electron chi connectivity index (χ4n) is 2.09. The van der Waals surface area contributed by atoms with Gasteiger partial charge in [0.25, 0.3) is 5.91 Å². The standard InChI is InChI=1S/C14H20N2O3/c1-10(15-5-6-18-2)7-11-3-4-13-12(8-11)16-14(17)9-19-13/h3-4,8,10,15H,5-7,9H2,1-2H3,(H,16,17). The Hall–Kier alpha value is -1.59. The lowest BCUT2D eigenvalue weighted by Crippen LogP contribution is -2.31. The maximum atomic E-state index is 11.3. The first-order valence-electron chi connectivity index (χ1n) is 6.47. The number of nitrogens with one attached hydrogen (secondary N) is 2. The normalized spacial score (nSPS) is 15.4. The van der Waals surface area contributed by atoms with Gasteiger partial charge in [-0.05, 0) is 31.0 Å². The SMILES string of the molecule is COCCNC(C)Cc1ccc2c(c1)NC(=O)CO2. The van der Waals surface area contributed by atoms with Crippen LogP contribution in [0.25, 0.3) is 0 Å². The van der Waals surface area contributed by atoms with Gasteiger partial charge < -0.3 is 20.1 Å². The van der Waals surface area contributed by atoms with Gasteiger partial charge in [-0.25, -0.2) is 0 Å². The van der Waals surface area contributed by atoms with Crippen molar-refractivity contribution in [2.45, 2.75) is 19.4 Å². The fraction of sp³-hybridized carbons (Fsp3) is 0.500. The lowest BCUT2D eigenvalue weighted by molar-refractivity contribution is -0.118. The Morgan fingerprint density at radius 2 is 2.37 bits per heavy atom. The highest BCUT2D eigenvalue weighted by Gasteiger charge is 2.16. The van der Waals surface area contributed by atoms with Gasteiger partial charge >= 0.3 is 0 Å². The van der Waals surface area contributed by atoms with Crippen LogP contribution in [0, 0.1) is 0 Å². The Morgan fingerprint density at radius 1 is 1.53 bits per heavy atom. The van der Waals surface area contributed by atoms with E-state index in [1.165, 1.54) is 5.56 Å². The third-order valence-electron chi connectivity index (χ3n) is 3.02. The van der Waals surface area contributed by atoms with Gasteiger partial charge in [0, 0.05) is 19.7 Å². The topological polar surface area (TPSA) is 59.6 Å². The molecule has 1 heterocycles. The highest BCUT2D eigenvalue weighted by molar-refractivity contribution is 5.95. The molecule has 0 spiro atoms. The van der Waals surface area contributed by atoms with Crippen molar-refractivity contribution in [2.75, 3.05) is 32.2 Å². The summed E-state index contributed by atoms with van der Waals surface area (Å²) >= 11 is 0. The molecule has 1 aliphatic heterocycles. The molecular weight excluding hydrogens is 244 g/mol. The summed E-state index contributed by atoms with van der Waals surface area (Å²) in [5.41, 5.74) is 1.93. The van der Waals surface area contributed by atoms with Crippen molar-refractivity contribution in [2.24, 2.45) is 0 Å². The van der Waals surface area contributed by atoms with Gasteiger partial charge in [-0.3, -0.25) is 4.79 Å². The van der Waals surface area contributed by atoms with Crippen LogP contribution in [0.3, 0.4) is 0 Å². The molecule has 0 saturated heterocycles. The van der Waals surface area contributed by atoms with Crippen LogP contribution in [-0.4, -0.2) is 38.8 Å². The van der Waals surface area contributed by atoms with E-state index >= 15 is 0 Å². The predicted octanol–water partition coefficient (Wildman–Crippen LogP) is 1.18. The van der Waals surface area contributed by atoms with Gasteiger partial charge in [0.15, 0.2) is 6.61 Å². The van der Waals surface area contributed by atoms with Crippen molar-refractivity contribution in [1.29, 1.82) is 0 Å². The molecule has 1 unspecified atom stereocenters. The molecule has 5 nitrogen and oxygen atoms in total.